The van der Waals surface area contributed by atoms with E-state index >= 15 is 0 Å². The summed E-state index contributed by atoms with van der Waals surface area (Å²) in [6, 6.07) is 0. The zero-order valence-electron chi connectivity index (χ0n) is 15.6. The molecule has 7 nitrogen and oxygen atoms in total. The van der Waals surface area contributed by atoms with Gasteiger partial charge in [-0.15, -0.1) is 11.3 Å². The second-order valence-corrected chi connectivity index (χ2v) is 8.89. The Morgan fingerprint density at radius 1 is 1.29 bits per heavy atom. The van der Waals surface area contributed by atoms with Gasteiger partial charge in [0.15, 0.2) is 10.8 Å². The molecular weight excluding hydrogens is 464 g/mol. The third-order valence-electron chi connectivity index (χ3n) is 4.51. The normalized spacial score (nSPS) is 13.8. The first-order valence-corrected chi connectivity index (χ1v) is 11.0. The largest absolute Gasteiger partial charge is 0.465 e. The third kappa shape index (κ3) is 4.61. The molecule has 0 aromatic carbocycles. The van der Waals surface area contributed by atoms with E-state index in [-0.39, 0.29) is 16.8 Å². The SMILES string of the molecule is COC(=O)c1c(NC(=S)NC(=O)c2nn(C)cc2Br)sc2c1CCCCCC2. The minimum atomic E-state index is -0.431. The number of fused-ring (bicyclic) bond motifs is 1. The van der Waals surface area contributed by atoms with Crippen molar-refractivity contribution in [2.24, 2.45) is 7.05 Å². The number of aryl methyl sites for hydroxylation is 2. The topological polar surface area (TPSA) is 85.2 Å². The summed E-state index contributed by atoms with van der Waals surface area (Å²) in [6.45, 7) is 0. The molecular formula is C18H21BrN4O3S2. The van der Waals surface area contributed by atoms with Crippen molar-refractivity contribution in [3.8, 4) is 0 Å². The molecule has 1 aliphatic carbocycles. The predicted octanol–water partition coefficient (Wildman–Crippen LogP) is 3.82. The third-order valence-corrected chi connectivity index (χ3v) is 6.51. The number of methoxy groups -OCH3 is 1. The first-order chi connectivity index (χ1) is 13.4. The van der Waals surface area contributed by atoms with Crippen LogP contribution in [0.25, 0.3) is 0 Å². The highest BCUT2D eigenvalue weighted by molar-refractivity contribution is 9.10. The van der Waals surface area contributed by atoms with Crippen LogP contribution >= 0.6 is 39.5 Å². The van der Waals surface area contributed by atoms with E-state index in [1.54, 1.807) is 13.2 Å². The molecule has 0 fully saturated rings. The standard InChI is InChI=1S/C18H21BrN4O3S2/c1-23-9-11(19)14(22-23)15(24)20-18(27)21-16-13(17(25)26-2)10-7-5-3-4-6-8-12(10)28-16/h9H,3-8H2,1-2H3,(H2,20,21,24,27). The van der Waals surface area contributed by atoms with Gasteiger partial charge in [0, 0.05) is 18.1 Å². The molecule has 2 heterocycles. The first-order valence-electron chi connectivity index (χ1n) is 8.95. The van der Waals surface area contributed by atoms with Crippen molar-refractivity contribution < 1.29 is 14.3 Å². The minimum Gasteiger partial charge on any atom is -0.465 e. The van der Waals surface area contributed by atoms with Crippen LogP contribution in [0.3, 0.4) is 0 Å². The number of rotatable bonds is 3. The molecule has 0 saturated carbocycles. The van der Waals surface area contributed by atoms with Gasteiger partial charge in [0.1, 0.15) is 5.00 Å². The van der Waals surface area contributed by atoms with E-state index in [2.05, 4.69) is 31.7 Å². The number of ether oxygens (including phenoxy) is 1. The van der Waals surface area contributed by atoms with Gasteiger partial charge in [0.05, 0.1) is 17.1 Å². The Kier molecular flexibility index (Phi) is 6.84. The van der Waals surface area contributed by atoms with Crippen molar-refractivity contribution in [3.63, 3.8) is 0 Å². The van der Waals surface area contributed by atoms with Crippen molar-refractivity contribution in [3.05, 3.63) is 32.4 Å². The number of hydrogen-bond donors (Lipinski definition) is 2. The quantitative estimate of drug-likeness (QED) is 0.508. The van der Waals surface area contributed by atoms with Crippen LogP contribution in [0.5, 0.6) is 0 Å². The van der Waals surface area contributed by atoms with Crippen molar-refractivity contribution in [2.45, 2.75) is 38.5 Å². The Bertz CT molecular complexity index is 922. The summed E-state index contributed by atoms with van der Waals surface area (Å²) in [5, 5.41) is 10.5. The van der Waals surface area contributed by atoms with Crippen LogP contribution in [-0.2, 0) is 24.6 Å². The Labute approximate surface area is 181 Å². The molecule has 2 N–H and O–H groups in total. The van der Waals surface area contributed by atoms with Gasteiger partial charge >= 0.3 is 5.97 Å². The second kappa shape index (κ2) is 9.15. The van der Waals surface area contributed by atoms with E-state index in [4.69, 9.17) is 17.0 Å². The minimum absolute atomic E-state index is 0.113. The number of anilines is 1. The van der Waals surface area contributed by atoms with Crippen molar-refractivity contribution in [1.82, 2.24) is 15.1 Å². The molecule has 0 atom stereocenters. The second-order valence-electron chi connectivity index (χ2n) is 6.52. The lowest BCUT2D eigenvalue weighted by atomic mass is 9.96. The fraction of sp³-hybridized carbons (Fsp3) is 0.444. The molecule has 10 heteroatoms. The summed E-state index contributed by atoms with van der Waals surface area (Å²) in [5.74, 6) is -0.818. The van der Waals surface area contributed by atoms with Crippen LogP contribution in [0.2, 0.25) is 0 Å². The highest BCUT2D eigenvalue weighted by atomic mass is 79.9. The van der Waals surface area contributed by atoms with E-state index in [0.717, 1.165) is 37.7 Å². The van der Waals surface area contributed by atoms with Gasteiger partial charge in [-0.05, 0) is 59.4 Å². The molecule has 2 aromatic heterocycles. The van der Waals surface area contributed by atoms with Crippen LogP contribution in [-0.4, -0.2) is 33.9 Å². The van der Waals surface area contributed by atoms with Gasteiger partial charge in [-0.25, -0.2) is 4.79 Å². The molecule has 150 valence electrons. The molecule has 0 saturated heterocycles. The number of carbonyl (C=O) groups excluding carboxylic acids is 2. The fourth-order valence-electron chi connectivity index (χ4n) is 3.24. The van der Waals surface area contributed by atoms with E-state index in [1.807, 2.05) is 0 Å². The van der Waals surface area contributed by atoms with Crippen LogP contribution in [0, 0.1) is 0 Å². The summed E-state index contributed by atoms with van der Waals surface area (Å²) < 4.78 is 7.11. The molecule has 0 aliphatic heterocycles. The molecule has 2 aromatic rings. The number of nitrogens with zero attached hydrogens (tertiary/aromatic N) is 2. The Hall–Kier alpha value is -1.78. The number of carbonyl (C=O) groups is 2. The maximum absolute atomic E-state index is 12.4. The number of halogens is 1. The van der Waals surface area contributed by atoms with E-state index in [1.165, 1.54) is 34.4 Å². The van der Waals surface area contributed by atoms with Crippen molar-refractivity contribution in [1.29, 1.82) is 0 Å². The lowest BCUT2D eigenvalue weighted by Crippen LogP contribution is -2.34. The monoisotopic (exact) mass is 484 g/mol. The maximum atomic E-state index is 12.4. The molecule has 1 amide bonds. The van der Waals surface area contributed by atoms with E-state index < -0.39 is 5.91 Å². The van der Waals surface area contributed by atoms with Crippen molar-refractivity contribution >= 4 is 61.5 Å². The average molecular weight is 485 g/mol. The molecule has 28 heavy (non-hydrogen) atoms. The fourth-order valence-corrected chi connectivity index (χ4v) is 5.33. The molecule has 0 bridgehead atoms. The molecule has 0 unspecified atom stereocenters. The molecule has 1 aliphatic rings. The van der Waals surface area contributed by atoms with E-state index in [0.29, 0.717) is 15.0 Å². The summed E-state index contributed by atoms with van der Waals surface area (Å²) in [5.41, 5.74) is 1.80. The van der Waals surface area contributed by atoms with Crippen LogP contribution in [0.1, 0.15) is 57.0 Å². The Morgan fingerprint density at radius 3 is 2.64 bits per heavy atom. The van der Waals surface area contributed by atoms with Crippen LogP contribution in [0.15, 0.2) is 10.7 Å². The summed E-state index contributed by atoms with van der Waals surface area (Å²) in [6.07, 6.45) is 7.96. The Balaban J connectivity index is 1.81. The maximum Gasteiger partial charge on any atom is 0.341 e. The van der Waals surface area contributed by atoms with Gasteiger partial charge in [-0.3, -0.25) is 14.8 Å². The van der Waals surface area contributed by atoms with Crippen LogP contribution in [0.4, 0.5) is 5.00 Å². The number of thiocarbonyl (C=S) groups is 1. The summed E-state index contributed by atoms with van der Waals surface area (Å²) >= 11 is 10.1. The number of hydrogen-bond acceptors (Lipinski definition) is 6. The summed E-state index contributed by atoms with van der Waals surface area (Å²) in [7, 11) is 3.10. The number of esters is 1. The smallest absolute Gasteiger partial charge is 0.341 e. The zero-order valence-corrected chi connectivity index (χ0v) is 18.9. The van der Waals surface area contributed by atoms with Gasteiger partial charge in [-0.2, -0.15) is 5.10 Å². The number of thiophene rings is 1. The highest BCUT2D eigenvalue weighted by Gasteiger charge is 2.26. The highest BCUT2D eigenvalue weighted by Crippen LogP contribution is 2.37. The van der Waals surface area contributed by atoms with Gasteiger partial charge < -0.3 is 10.1 Å². The molecule has 0 radical (unpaired) electrons. The lowest BCUT2D eigenvalue weighted by Gasteiger charge is -2.11. The Morgan fingerprint density at radius 2 is 2.00 bits per heavy atom. The van der Waals surface area contributed by atoms with Gasteiger partial charge in [-0.1, -0.05) is 12.8 Å². The number of aromatic nitrogens is 2. The first kappa shape index (κ1) is 20.9. The van der Waals surface area contributed by atoms with Gasteiger partial charge in [0.25, 0.3) is 5.91 Å². The number of nitrogens with one attached hydrogen (secondary N) is 2. The van der Waals surface area contributed by atoms with Gasteiger partial charge in [0.2, 0.25) is 0 Å². The van der Waals surface area contributed by atoms with Crippen molar-refractivity contribution in [2.75, 3.05) is 12.4 Å². The molecule has 3 rings (SSSR count). The predicted molar refractivity (Wildman–Crippen MR) is 116 cm³/mol. The summed E-state index contributed by atoms with van der Waals surface area (Å²) in [4.78, 5) is 26.0. The molecule has 0 spiro atoms. The van der Waals surface area contributed by atoms with E-state index in [9.17, 15) is 9.59 Å². The lowest BCUT2D eigenvalue weighted by molar-refractivity contribution is 0.0601. The number of amides is 1. The van der Waals surface area contributed by atoms with Crippen LogP contribution < -0.4 is 10.6 Å². The average Bonchev–Trinajstić information content (AvgIpc) is 3.13. The zero-order chi connectivity index (χ0) is 20.3.